The Morgan fingerprint density at radius 3 is 2.43 bits per heavy atom. The third kappa shape index (κ3) is 4.08. The molecular formula is C16H20ClN3O. The quantitative estimate of drug-likeness (QED) is 0.942. The van der Waals surface area contributed by atoms with E-state index in [1.165, 1.54) is 0 Å². The van der Waals surface area contributed by atoms with Crippen molar-refractivity contribution >= 4 is 23.2 Å². The van der Waals surface area contributed by atoms with Crippen LogP contribution in [0.25, 0.3) is 0 Å². The fraction of sp³-hybridized carbons (Fsp3) is 0.375. The minimum absolute atomic E-state index is 0.0251. The average Bonchev–Trinajstić information content (AvgIpc) is 2.74. The molecule has 0 spiro atoms. The van der Waals surface area contributed by atoms with E-state index in [9.17, 15) is 4.79 Å². The highest BCUT2D eigenvalue weighted by Crippen LogP contribution is 2.21. The average molecular weight is 306 g/mol. The Balaban J connectivity index is 2.06. The second-order valence-electron chi connectivity index (χ2n) is 6.13. The molecule has 112 valence electrons. The van der Waals surface area contributed by atoms with E-state index in [0.717, 1.165) is 17.1 Å². The predicted octanol–water partition coefficient (Wildman–Crippen LogP) is 3.55. The van der Waals surface area contributed by atoms with Crippen molar-refractivity contribution in [2.75, 3.05) is 5.32 Å². The number of amides is 1. The summed E-state index contributed by atoms with van der Waals surface area (Å²) < 4.78 is 1.77. The van der Waals surface area contributed by atoms with Gasteiger partial charge in [0.1, 0.15) is 0 Å². The lowest BCUT2D eigenvalue weighted by molar-refractivity contribution is -0.115. The molecule has 2 rings (SSSR count). The van der Waals surface area contributed by atoms with Gasteiger partial charge in [-0.25, -0.2) is 0 Å². The highest BCUT2D eigenvalue weighted by molar-refractivity contribution is 6.30. The molecule has 0 fully saturated rings. The maximum Gasteiger partial charge on any atom is 0.230 e. The lowest BCUT2D eigenvalue weighted by Crippen LogP contribution is -2.16. The number of benzene rings is 1. The maximum absolute atomic E-state index is 12.1. The summed E-state index contributed by atoms with van der Waals surface area (Å²) in [4.78, 5) is 12.1. The zero-order chi connectivity index (χ0) is 15.6. The van der Waals surface area contributed by atoms with Gasteiger partial charge in [0.05, 0.1) is 12.1 Å². The normalized spacial score (nSPS) is 11.5. The van der Waals surface area contributed by atoms with E-state index in [-0.39, 0.29) is 11.3 Å². The minimum Gasteiger partial charge on any atom is -0.326 e. The molecule has 0 saturated carbocycles. The van der Waals surface area contributed by atoms with Gasteiger partial charge in [-0.05, 0) is 30.3 Å². The highest BCUT2D eigenvalue weighted by Gasteiger charge is 2.19. The van der Waals surface area contributed by atoms with Crippen LogP contribution in [0.2, 0.25) is 5.02 Å². The zero-order valence-electron chi connectivity index (χ0n) is 12.8. The Morgan fingerprint density at radius 1 is 1.29 bits per heavy atom. The number of carbonyl (C=O) groups excluding carboxylic acids is 1. The molecule has 1 heterocycles. The molecule has 0 atom stereocenters. The molecule has 1 aromatic carbocycles. The van der Waals surface area contributed by atoms with E-state index in [4.69, 9.17) is 11.6 Å². The van der Waals surface area contributed by atoms with Crippen molar-refractivity contribution < 1.29 is 4.79 Å². The summed E-state index contributed by atoms with van der Waals surface area (Å²) in [6, 6.07) is 9.05. The summed E-state index contributed by atoms with van der Waals surface area (Å²) in [6.07, 6.45) is 0.294. The molecule has 1 aromatic heterocycles. The Bertz CT molecular complexity index is 639. The third-order valence-electron chi connectivity index (χ3n) is 3.21. The molecule has 0 unspecified atom stereocenters. The van der Waals surface area contributed by atoms with E-state index < -0.39 is 0 Å². The van der Waals surface area contributed by atoms with Gasteiger partial charge in [-0.1, -0.05) is 32.4 Å². The van der Waals surface area contributed by atoms with E-state index in [0.29, 0.717) is 11.4 Å². The molecule has 1 N–H and O–H groups in total. The molecule has 0 aliphatic heterocycles. The first-order valence-corrected chi connectivity index (χ1v) is 7.22. The molecule has 5 heteroatoms. The van der Waals surface area contributed by atoms with Gasteiger partial charge in [0, 0.05) is 28.9 Å². The molecule has 4 nitrogen and oxygen atoms in total. The van der Waals surface area contributed by atoms with Crippen LogP contribution in [0.1, 0.15) is 32.2 Å². The van der Waals surface area contributed by atoms with E-state index in [2.05, 4.69) is 31.2 Å². The van der Waals surface area contributed by atoms with E-state index in [1.807, 2.05) is 13.1 Å². The van der Waals surface area contributed by atoms with Crippen molar-refractivity contribution in [2.45, 2.75) is 32.6 Å². The summed E-state index contributed by atoms with van der Waals surface area (Å²) >= 11 is 5.82. The Labute approximate surface area is 130 Å². The van der Waals surface area contributed by atoms with Gasteiger partial charge in [-0.15, -0.1) is 0 Å². The van der Waals surface area contributed by atoms with Gasteiger partial charge in [-0.3, -0.25) is 9.48 Å². The molecule has 0 saturated heterocycles. The van der Waals surface area contributed by atoms with Crippen LogP contribution < -0.4 is 5.32 Å². The lowest BCUT2D eigenvalue weighted by atomic mass is 9.92. The molecule has 0 radical (unpaired) electrons. The number of aryl methyl sites for hydroxylation is 1. The first-order chi connectivity index (χ1) is 9.75. The topological polar surface area (TPSA) is 46.9 Å². The Morgan fingerprint density at radius 2 is 1.90 bits per heavy atom. The van der Waals surface area contributed by atoms with E-state index in [1.54, 1.807) is 28.9 Å². The molecule has 21 heavy (non-hydrogen) atoms. The van der Waals surface area contributed by atoms with Crippen molar-refractivity contribution in [1.29, 1.82) is 0 Å². The molecule has 0 aliphatic rings. The van der Waals surface area contributed by atoms with Gasteiger partial charge >= 0.3 is 0 Å². The number of halogens is 1. The first kappa shape index (κ1) is 15.6. The first-order valence-electron chi connectivity index (χ1n) is 6.84. The van der Waals surface area contributed by atoms with E-state index >= 15 is 0 Å². The molecule has 2 aromatic rings. The monoisotopic (exact) mass is 305 g/mol. The second kappa shape index (κ2) is 5.90. The summed E-state index contributed by atoms with van der Waals surface area (Å²) in [6.45, 7) is 6.31. The maximum atomic E-state index is 12.1. The number of nitrogens with one attached hydrogen (secondary N) is 1. The third-order valence-corrected chi connectivity index (χ3v) is 3.47. The minimum atomic E-state index is -0.0687. The molecule has 1 amide bonds. The van der Waals surface area contributed by atoms with Crippen LogP contribution in [-0.4, -0.2) is 15.7 Å². The van der Waals surface area contributed by atoms with Gasteiger partial charge < -0.3 is 5.32 Å². The Hall–Kier alpha value is -1.81. The predicted molar refractivity (Wildman–Crippen MR) is 85.7 cm³/mol. The fourth-order valence-electron chi connectivity index (χ4n) is 1.94. The second-order valence-corrected chi connectivity index (χ2v) is 6.56. The van der Waals surface area contributed by atoms with Crippen LogP contribution >= 0.6 is 11.6 Å². The number of hydrogen-bond donors (Lipinski definition) is 1. The zero-order valence-corrected chi connectivity index (χ0v) is 13.5. The van der Waals surface area contributed by atoms with Crippen LogP contribution in [0.3, 0.4) is 0 Å². The van der Waals surface area contributed by atoms with Crippen LogP contribution in [0, 0.1) is 0 Å². The number of nitrogens with zero attached hydrogens (tertiary/aromatic N) is 2. The number of hydrogen-bond acceptors (Lipinski definition) is 2. The van der Waals surface area contributed by atoms with Gasteiger partial charge in [0.2, 0.25) is 5.91 Å². The van der Waals surface area contributed by atoms with Crippen molar-refractivity contribution in [1.82, 2.24) is 9.78 Å². The van der Waals surface area contributed by atoms with Crippen molar-refractivity contribution in [3.63, 3.8) is 0 Å². The number of aromatic nitrogens is 2. The number of carbonyl (C=O) groups is 1. The van der Waals surface area contributed by atoms with Crippen LogP contribution in [0.4, 0.5) is 5.69 Å². The number of anilines is 1. The Kier molecular flexibility index (Phi) is 4.37. The molecular weight excluding hydrogens is 286 g/mol. The standard InChI is InChI=1S/C16H20ClN3O/c1-16(2,3)14-9-13(20(4)19-14)10-15(21)18-12-7-5-11(17)6-8-12/h5-9H,10H2,1-4H3,(H,18,21). The van der Waals surface area contributed by atoms with Crippen molar-refractivity contribution in [2.24, 2.45) is 7.05 Å². The lowest BCUT2D eigenvalue weighted by Gasteiger charge is -2.13. The van der Waals surface area contributed by atoms with Gasteiger partial charge in [0.25, 0.3) is 0 Å². The van der Waals surface area contributed by atoms with Crippen molar-refractivity contribution in [3.8, 4) is 0 Å². The summed E-state index contributed by atoms with van der Waals surface area (Å²) in [5.41, 5.74) is 2.59. The molecule has 0 bridgehead atoms. The van der Waals surface area contributed by atoms with Gasteiger partial charge in [0.15, 0.2) is 0 Å². The van der Waals surface area contributed by atoms with Crippen LogP contribution in [0.15, 0.2) is 30.3 Å². The number of rotatable bonds is 3. The van der Waals surface area contributed by atoms with Crippen molar-refractivity contribution in [3.05, 3.63) is 46.7 Å². The van der Waals surface area contributed by atoms with Crippen LogP contribution in [0.5, 0.6) is 0 Å². The highest BCUT2D eigenvalue weighted by atomic mass is 35.5. The van der Waals surface area contributed by atoms with Gasteiger partial charge in [-0.2, -0.15) is 5.10 Å². The largest absolute Gasteiger partial charge is 0.326 e. The molecule has 0 aliphatic carbocycles. The van der Waals surface area contributed by atoms with Crippen LogP contribution in [-0.2, 0) is 23.7 Å². The SMILES string of the molecule is Cn1nc(C(C)(C)C)cc1CC(=O)Nc1ccc(Cl)cc1. The smallest absolute Gasteiger partial charge is 0.230 e. The summed E-state index contributed by atoms with van der Waals surface area (Å²) in [5, 5.41) is 7.97. The fourth-order valence-corrected chi connectivity index (χ4v) is 2.07. The summed E-state index contributed by atoms with van der Waals surface area (Å²) in [5.74, 6) is -0.0687. The summed E-state index contributed by atoms with van der Waals surface area (Å²) in [7, 11) is 1.86.